The molecule has 0 amide bonds. The van der Waals surface area contributed by atoms with Gasteiger partial charge in [0, 0.05) is 11.3 Å². The van der Waals surface area contributed by atoms with E-state index in [9.17, 15) is 0 Å². The lowest BCUT2D eigenvalue weighted by Gasteiger charge is -2.07. The molecule has 0 fully saturated rings. The van der Waals surface area contributed by atoms with Crippen molar-refractivity contribution in [3.63, 3.8) is 0 Å². The van der Waals surface area contributed by atoms with Crippen molar-refractivity contribution in [3.8, 4) is 0 Å². The highest BCUT2D eigenvalue weighted by molar-refractivity contribution is 9.10. The van der Waals surface area contributed by atoms with E-state index in [1.807, 2.05) is 13.0 Å². The van der Waals surface area contributed by atoms with Crippen LogP contribution in [0.1, 0.15) is 26.1 Å². The van der Waals surface area contributed by atoms with Crippen LogP contribution in [0.25, 0.3) is 0 Å². The average Bonchev–Trinajstić information content (AvgIpc) is 2.02. The van der Waals surface area contributed by atoms with Crippen LogP contribution in [0.15, 0.2) is 15.7 Å². The first-order valence-electron chi connectivity index (χ1n) is 4.29. The third-order valence-corrected chi connectivity index (χ3v) is 3.27. The molecule has 1 heterocycles. The van der Waals surface area contributed by atoms with E-state index >= 15 is 0 Å². The van der Waals surface area contributed by atoms with Gasteiger partial charge in [-0.1, -0.05) is 13.8 Å². The van der Waals surface area contributed by atoms with E-state index in [1.54, 1.807) is 11.8 Å². The Morgan fingerprint density at radius 2 is 2.23 bits per heavy atom. The minimum Gasteiger partial charge on any atom is -0.227 e. The number of thioether (sulfide) groups is 1. The molecule has 0 bridgehead atoms. The quantitative estimate of drug-likeness (QED) is 0.615. The topological polar surface area (TPSA) is 25.8 Å². The van der Waals surface area contributed by atoms with Gasteiger partial charge in [0.05, 0.1) is 0 Å². The van der Waals surface area contributed by atoms with E-state index in [4.69, 9.17) is 0 Å². The Balaban J connectivity index is 2.77. The zero-order chi connectivity index (χ0) is 9.84. The Morgan fingerprint density at radius 1 is 1.54 bits per heavy atom. The zero-order valence-electron chi connectivity index (χ0n) is 8.04. The summed E-state index contributed by atoms with van der Waals surface area (Å²) < 4.78 is 0.866. The van der Waals surface area contributed by atoms with Crippen LogP contribution in [0, 0.1) is 6.92 Å². The summed E-state index contributed by atoms with van der Waals surface area (Å²) in [5, 5.41) is 1.66. The summed E-state index contributed by atoms with van der Waals surface area (Å²) in [7, 11) is 0. The maximum Gasteiger partial charge on any atom is 0.127 e. The molecule has 1 rings (SSSR count). The second-order valence-corrected chi connectivity index (χ2v) is 5.18. The van der Waals surface area contributed by atoms with Crippen molar-refractivity contribution in [3.05, 3.63) is 16.5 Å². The molecule has 13 heavy (non-hydrogen) atoms. The van der Waals surface area contributed by atoms with E-state index in [0.717, 1.165) is 21.9 Å². The van der Waals surface area contributed by atoms with Gasteiger partial charge in [-0.05, 0) is 29.3 Å². The van der Waals surface area contributed by atoms with Gasteiger partial charge in [0.15, 0.2) is 0 Å². The van der Waals surface area contributed by atoms with Crippen molar-refractivity contribution in [2.45, 2.75) is 37.5 Å². The zero-order valence-corrected chi connectivity index (χ0v) is 10.4. The summed E-state index contributed by atoms with van der Waals surface area (Å²) in [6.45, 7) is 6.29. The van der Waals surface area contributed by atoms with Gasteiger partial charge < -0.3 is 0 Å². The maximum absolute atomic E-state index is 4.34. The number of halogens is 1. The third-order valence-electron chi connectivity index (χ3n) is 1.68. The lowest BCUT2D eigenvalue weighted by Crippen LogP contribution is -1.96. The lowest BCUT2D eigenvalue weighted by molar-refractivity contribution is 0.890. The number of rotatable bonds is 3. The van der Waals surface area contributed by atoms with E-state index in [1.165, 1.54) is 0 Å². The Hall–Kier alpha value is -0.0900. The second kappa shape index (κ2) is 4.96. The molecule has 0 saturated heterocycles. The Labute approximate surface area is 91.7 Å². The summed E-state index contributed by atoms with van der Waals surface area (Å²) in [6, 6.07) is 1.96. The number of nitrogens with zero attached hydrogens (tertiary/aromatic N) is 2. The molecule has 0 aliphatic heterocycles. The molecule has 2 nitrogen and oxygen atoms in total. The highest BCUT2D eigenvalue weighted by Crippen LogP contribution is 2.24. The molecule has 0 spiro atoms. The number of hydrogen-bond donors (Lipinski definition) is 0. The van der Waals surface area contributed by atoms with Crippen LogP contribution in [0.2, 0.25) is 0 Å². The molecule has 0 saturated carbocycles. The van der Waals surface area contributed by atoms with Crippen molar-refractivity contribution >= 4 is 27.7 Å². The molecular weight excluding hydrogens is 248 g/mol. The van der Waals surface area contributed by atoms with Crippen LogP contribution < -0.4 is 0 Å². The molecule has 1 aromatic heterocycles. The van der Waals surface area contributed by atoms with Crippen molar-refractivity contribution in [2.24, 2.45) is 0 Å². The highest BCUT2D eigenvalue weighted by atomic mass is 79.9. The predicted octanol–water partition coefficient (Wildman–Crippen LogP) is 3.44. The monoisotopic (exact) mass is 260 g/mol. The maximum atomic E-state index is 4.34. The van der Waals surface area contributed by atoms with Gasteiger partial charge in [-0.25, -0.2) is 9.97 Å². The molecule has 1 atom stereocenters. The van der Waals surface area contributed by atoms with Crippen LogP contribution >= 0.6 is 27.7 Å². The van der Waals surface area contributed by atoms with Crippen molar-refractivity contribution < 1.29 is 0 Å². The second-order valence-electron chi connectivity index (χ2n) is 2.91. The molecule has 0 radical (unpaired) electrons. The van der Waals surface area contributed by atoms with E-state index in [2.05, 4.69) is 39.7 Å². The number of aromatic nitrogens is 2. The van der Waals surface area contributed by atoms with Crippen LogP contribution in [-0.2, 0) is 0 Å². The Kier molecular flexibility index (Phi) is 4.19. The van der Waals surface area contributed by atoms with E-state index < -0.39 is 0 Å². The van der Waals surface area contributed by atoms with Crippen LogP contribution in [0.5, 0.6) is 0 Å². The molecule has 72 valence electrons. The molecular formula is C9H13BrN2S. The summed E-state index contributed by atoms with van der Waals surface area (Å²) in [5.74, 6) is 0.820. The van der Waals surface area contributed by atoms with Gasteiger partial charge in [-0.2, -0.15) is 0 Å². The molecule has 4 heteroatoms. The Bertz CT molecular complexity index is 271. The Morgan fingerprint density at radius 3 is 2.77 bits per heavy atom. The molecule has 0 aromatic carbocycles. The largest absolute Gasteiger partial charge is 0.227 e. The van der Waals surface area contributed by atoms with Crippen molar-refractivity contribution in [1.82, 2.24) is 9.97 Å². The standard InChI is InChI=1S/C9H13BrN2S/c1-4-6(2)13-9-5-8(10)11-7(3)12-9/h5-6H,4H2,1-3H3. The minimum absolute atomic E-state index is 0.612. The highest BCUT2D eigenvalue weighted by Gasteiger charge is 2.04. The SMILES string of the molecule is CCC(C)Sc1cc(Br)nc(C)n1. The fourth-order valence-corrected chi connectivity index (χ4v) is 2.42. The van der Waals surface area contributed by atoms with Gasteiger partial charge in [0.2, 0.25) is 0 Å². The smallest absolute Gasteiger partial charge is 0.127 e. The van der Waals surface area contributed by atoms with Crippen molar-refractivity contribution in [2.75, 3.05) is 0 Å². The average molecular weight is 261 g/mol. The predicted molar refractivity (Wildman–Crippen MR) is 60.1 cm³/mol. The first kappa shape index (κ1) is 11.0. The van der Waals surface area contributed by atoms with Crippen LogP contribution in [-0.4, -0.2) is 15.2 Å². The molecule has 1 unspecified atom stereocenters. The molecule has 1 aromatic rings. The number of hydrogen-bond acceptors (Lipinski definition) is 3. The summed E-state index contributed by atoms with van der Waals surface area (Å²) in [6.07, 6.45) is 1.16. The van der Waals surface area contributed by atoms with Gasteiger partial charge in [-0.15, -0.1) is 11.8 Å². The van der Waals surface area contributed by atoms with Gasteiger partial charge in [-0.3, -0.25) is 0 Å². The summed E-state index contributed by atoms with van der Waals surface area (Å²) in [5.41, 5.74) is 0. The fraction of sp³-hybridized carbons (Fsp3) is 0.556. The summed E-state index contributed by atoms with van der Waals surface area (Å²) >= 11 is 5.15. The fourth-order valence-electron chi connectivity index (χ4n) is 0.855. The normalized spacial score (nSPS) is 12.9. The lowest BCUT2D eigenvalue weighted by atomic mass is 10.4. The molecule has 0 aliphatic rings. The van der Waals surface area contributed by atoms with E-state index in [0.29, 0.717) is 5.25 Å². The van der Waals surface area contributed by atoms with Crippen LogP contribution in [0.3, 0.4) is 0 Å². The minimum atomic E-state index is 0.612. The summed E-state index contributed by atoms with van der Waals surface area (Å²) in [4.78, 5) is 8.50. The first-order valence-corrected chi connectivity index (χ1v) is 5.97. The third kappa shape index (κ3) is 3.65. The number of aryl methyl sites for hydroxylation is 1. The van der Waals surface area contributed by atoms with Gasteiger partial charge in [0.1, 0.15) is 15.5 Å². The van der Waals surface area contributed by atoms with Gasteiger partial charge >= 0.3 is 0 Å². The van der Waals surface area contributed by atoms with E-state index in [-0.39, 0.29) is 0 Å². The molecule has 0 N–H and O–H groups in total. The van der Waals surface area contributed by atoms with Crippen LogP contribution in [0.4, 0.5) is 0 Å². The first-order chi connectivity index (χ1) is 6.11. The molecule has 0 aliphatic carbocycles. The van der Waals surface area contributed by atoms with Gasteiger partial charge in [0.25, 0.3) is 0 Å². The van der Waals surface area contributed by atoms with Crippen molar-refractivity contribution in [1.29, 1.82) is 0 Å².